The van der Waals surface area contributed by atoms with Crippen molar-refractivity contribution in [3.8, 4) is 11.1 Å². The lowest BCUT2D eigenvalue weighted by atomic mass is 9.32. The number of rotatable bonds is 6. The van der Waals surface area contributed by atoms with E-state index in [1.54, 1.807) is 0 Å². The third kappa shape index (κ3) is 10.1. The highest BCUT2D eigenvalue weighted by atomic mass is 15.2. The van der Waals surface area contributed by atoms with Gasteiger partial charge in [0.15, 0.2) is 0 Å². The van der Waals surface area contributed by atoms with E-state index in [0.717, 1.165) is 49.2 Å². The summed E-state index contributed by atoms with van der Waals surface area (Å²) in [7, 11) is 0. The molecule has 3 aliphatic carbocycles. The second-order valence-electron chi connectivity index (χ2n) is 35.2. The fourth-order valence-electron chi connectivity index (χ4n) is 16.4. The van der Waals surface area contributed by atoms with Gasteiger partial charge in [0.05, 0.1) is 11.4 Å². The van der Waals surface area contributed by atoms with Crippen molar-refractivity contribution in [1.82, 2.24) is 0 Å². The summed E-state index contributed by atoms with van der Waals surface area (Å²) in [5, 5.41) is 0. The average Bonchev–Trinajstić information content (AvgIpc) is 0.684. The molecule has 0 amide bonds. The molecule has 460 valence electrons. The SMILES string of the molecule is Cc1cc2c(cc1N1c3cc4c(cc3B3c5cc6c(cc5N(c5ccc(C(C)(C)C)cc5-c5ccccc5)c5cc(N(c7ccc(C(C)(C)C)cc7)c7ccc(C(C)(C)C)cc7)cc1c53)C(C)(C)CCC6(C)C)C(C)(C)CCC4(C)C)C(C)(C)CCC2(C)C. The molecule has 0 N–H and O–H groups in total. The fraction of sp³-hybridized carbons (Fsp3) is 0.435. The predicted octanol–water partition coefficient (Wildman–Crippen LogP) is 22.2. The Morgan fingerprint density at radius 2 is 0.685 bits per heavy atom. The molecule has 2 heterocycles. The number of anilines is 9. The van der Waals surface area contributed by atoms with Crippen molar-refractivity contribution in [2.45, 2.75) is 240 Å². The molecule has 2 aliphatic heterocycles. The Bertz CT molecular complexity index is 4090. The van der Waals surface area contributed by atoms with Crippen LogP contribution in [-0.4, -0.2) is 6.71 Å². The molecule has 0 radical (unpaired) electrons. The molecular formula is C85H102BN3. The number of nitrogens with zero attached hydrogens (tertiary/aromatic N) is 3. The fourth-order valence-corrected chi connectivity index (χ4v) is 16.4. The minimum Gasteiger partial charge on any atom is -0.311 e. The normalized spacial score (nSPS) is 18.9. The third-order valence-corrected chi connectivity index (χ3v) is 22.8. The van der Waals surface area contributed by atoms with E-state index < -0.39 is 0 Å². The summed E-state index contributed by atoms with van der Waals surface area (Å²) in [4.78, 5) is 8.15. The van der Waals surface area contributed by atoms with Gasteiger partial charge < -0.3 is 14.7 Å². The molecule has 0 atom stereocenters. The molecule has 5 aliphatic rings. The van der Waals surface area contributed by atoms with Gasteiger partial charge in [-0.3, -0.25) is 0 Å². The Kier molecular flexibility index (Phi) is 13.8. The van der Waals surface area contributed by atoms with Gasteiger partial charge in [0, 0.05) is 45.4 Å². The lowest BCUT2D eigenvalue weighted by Crippen LogP contribution is -2.62. The van der Waals surface area contributed by atoms with E-state index in [-0.39, 0.29) is 55.4 Å². The molecule has 4 heteroatoms. The Labute approximate surface area is 537 Å². The molecule has 0 spiro atoms. The van der Waals surface area contributed by atoms with Gasteiger partial charge in [-0.15, -0.1) is 0 Å². The average molecular weight is 1180 g/mol. The van der Waals surface area contributed by atoms with Gasteiger partial charge in [-0.1, -0.05) is 224 Å². The minimum atomic E-state index is -0.0749. The molecule has 3 nitrogen and oxygen atoms in total. The zero-order valence-corrected chi connectivity index (χ0v) is 58.5. The van der Waals surface area contributed by atoms with Crippen LogP contribution in [0.2, 0.25) is 0 Å². The van der Waals surface area contributed by atoms with Gasteiger partial charge in [-0.05, 0) is 238 Å². The van der Waals surface area contributed by atoms with Crippen LogP contribution in [0.5, 0.6) is 0 Å². The zero-order valence-electron chi connectivity index (χ0n) is 58.5. The number of fused-ring (bicyclic) bond motifs is 7. The quantitative estimate of drug-likeness (QED) is 0.154. The smallest absolute Gasteiger partial charge is 0.252 e. The molecule has 0 saturated carbocycles. The summed E-state index contributed by atoms with van der Waals surface area (Å²) in [6.45, 7) is 53.5. The van der Waals surface area contributed by atoms with Crippen LogP contribution >= 0.6 is 0 Å². The van der Waals surface area contributed by atoms with Crippen molar-refractivity contribution >= 4 is 74.3 Å². The van der Waals surface area contributed by atoms with E-state index >= 15 is 0 Å². The van der Waals surface area contributed by atoms with Crippen molar-refractivity contribution in [3.63, 3.8) is 0 Å². The molecule has 8 aromatic rings. The number of aryl methyl sites for hydroxylation is 1. The van der Waals surface area contributed by atoms with E-state index in [1.807, 2.05) is 0 Å². The molecule has 0 aromatic heterocycles. The summed E-state index contributed by atoms with van der Waals surface area (Å²) in [5.41, 5.74) is 31.8. The zero-order chi connectivity index (χ0) is 63.9. The first kappa shape index (κ1) is 61.1. The van der Waals surface area contributed by atoms with Crippen LogP contribution in [0.15, 0.2) is 146 Å². The molecule has 89 heavy (non-hydrogen) atoms. The third-order valence-electron chi connectivity index (χ3n) is 22.8. The van der Waals surface area contributed by atoms with E-state index in [1.165, 1.54) is 124 Å². The van der Waals surface area contributed by atoms with E-state index in [4.69, 9.17) is 0 Å². The maximum atomic E-state index is 2.80. The number of benzene rings is 8. The number of hydrogen-bond donors (Lipinski definition) is 0. The lowest BCUT2D eigenvalue weighted by molar-refractivity contribution is 0.331. The van der Waals surface area contributed by atoms with Gasteiger partial charge in [0.1, 0.15) is 0 Å². The van der Waals surface area contributed by atoms with E-state index in [2.05, 4.69) is 313 Å². The first-order chi connectivity index (χ1) is 41.4. The summed E-state index contributed by atoms with van der Waals surface area (Å²) >= 11 is 0. The van der Waals surface area contributed by atoms with Crippen LogP contribution in [-0.2, 0) is 48.7 Å². The first-order valence-electron chi connectivity index (χ1n) is 33.9. The van der Waals surface area contributed by atoms with Crippen LogP contribution < -0.4 is 31.1 Å². The monoisotopic (exact) mass is 1180 g/mol. The maximum Gasteiger partial charge on any atom is 0.252 e. The molecule has 13 rings (SSSR count). The highest BCUT2D eigenvalue weighted by Gasteiger charge is 2.50. The molecule has 0 fully saturated rings. The molecule has 0 saturated heterocycles. The van der Waals surface area contributed by atoms with Crippen molar-refractivity contribution < 1.29 is 0 Å². The summed E-state index contributed by atoms with van der Waals surface area (Å²) in [6.07, 6.45) is 6.89. The largest absolute Gasteiger partial charge is 0.311 e. The highest BCUT2D eigenvalue weighted by Crippen LogP contribution is 2.57. The van der Waals surface area contributed by atoms with Crippen molar-refractivity contribution in [2.75, 3.05) is 14.7 Å². The molecule has 0 bridgehead atoms. The Balaban J connectivity index is 1.24. The van der Waals surface area contributed by atoms with E-state index in [9.17, 15) is 0 Å². The van der Waals surface area contributed by atoms with Crippen LogP contribution in [0.25, 0.3) is 11.1 Å². The van der Waals surface area contributed by atoms with Crippen molar-refractivity contribution in [2.24, 2.45) is 0 Å². The minimum absolute atomic E-state index is 0.00466. The summed E-state index contributed by atoms with van der Waals surface area (Å²) in [6, 6.07) is 59.2. The topological polar surface area (TPSA) is 9.72 Å². The number of hydrogen-bond acceptors (Lipinski definition) is 3. The highest BCUT2D eigenvalue weighted by molar-refractivity contribution is 7.00. The Hall–Kier alpha value is -6.78. The van der Waals surface area contributed by atoms with Crippen LogP contribution in [0.1, 0.15) is 240 Å². The maximum absolute atomic E-state index is 2.80. The predicted molar refractivity (Wildman–Crippen MR) is 387 cm³/mol. The molecule has 0 unspecified atom stereocenters. The van der Waals surface area contributed by atoms with Gasteiger partial charge in [-0.2, -0.15) is 0 Å². The van der Waals surface area contributed by atoms with Crippen molar-refractivity contribution in [1.29, 1.82) is 0 Å². The van der Waals surface area contributed by atoms with Crippen LogP contribution in [0.4, 0.5) is 51.2 Å². The van der Waals surface area contributed by atoms with Crippen LogP contribution in [0.3, 0.4) is 0 Å². The Morgan fingerprint density at radius 1 is 0.337 bits per heavy atom. The molecule has 8 aromatic carbocycles. The van der Waals surface area contributed by atoms with Crippen molar-refractivity contribution in [3.05, 3.63) is 201 Å². The standard InChI is InChI=1S/C85H102BN3/c1-53-44-62-65(83(17,18)41-38-80(62,11)12)50-71(53)89-73-52-67-64(82(15,16)40-43-85(67,21)22)49-69(73)86-68-48-63-66(84(19,20)42-39-81(63,13)14)51-72(68)88(70-37-32-57(79(8,9)10)45-61(70)54-26-24-23-25-27-54)74-46-60(47-75(89)76(74)86)87(58-33-28-55(29-34-58)77(2,3)4)59-35-30-56(31-36-59)78(5,6)7/h23-37,44-52H,38-43H2,1-22H3. The molecular weight excluding hydrogens is 1070 g/mol. The Morgan fingerprint density at radius 3 is 1.08 bits per heavy atom. The van der Waals surface area contributed by atoms with Crippen LogP contribution in [0, 0.1) is 6.92 Å². The van der Waals surface area contributed by atoms with Gasteiger partial charge in [-0.25, -0.2) is 0 Å². The first-order valence-corrected chi connectivity index (χ1v) is 33.9. The lowest BCUT2D eigenvalue weighted by Gasteiger charge is -2.50. The second kappa shape index (κ2) is 20.1. The van der Waals surface area contributed by atoms with E-state index in [0.29, 0.717) is 0 Å². The summed E-state index contributed by atoms with van der Waals surface area (Å²) < 4.78 is 0. The van der Waals surface area contributed by atoms with Gasteiger partial charge in [0.2, 0.25) is 0 Å². The summed E-state index contributed by atoms with van der Waals surface area (Å²) in [5.74, 6) is 0. The van der Waals surface area contributed by atoms with Gasteiger partial charge >= 0.3 is 0 Å². The second-order valence-corrected chi connectivity index (χ2v) is 35.2. The van der Waals surface area contributed by atoms with Gasteiger partial charge in [0.25, 0.3) is 6.71 Å².